The molecular formula is C28H31N5O6. The number of ether oxygens (including phenoxy) is 3. The molecule has 0 saturated carbocycles. The molecule has 1 fully saturated rings. The number of benzene rings is 3. The predicted molar refractivity (Wildman–Crippen MR) is 148 cm³/mol. The molecule has 3 aromatic carbocycles. The van der Waals surface area contributed by atoms with Crippen LogP contribution in [-0.4, -0.2) is 69.5 Å². The lowest BCUT2D eigenvalue weighted by Crippen LogP contribution is -2.46. The predicted octanol–water partition coefficient (Wildman–Crippen LogP) is 3.71. The van der Waals surface area contributed by atoms with Gasteiger partial charge in [0.2, 0.25) is 5.75 Å². The quantitative estimate of drug-likeness (QED) is 0.238. The van der Waals surface area contributed by atoms with E-state index in [0.717, 1.165) is 19.6 Å². The van der Waals surface area contributed by atoms with Crippen molar-refractivity contribution in [1.82, 2.24) is 10.3 Å². The van der Waals surface area contributed by atoms with Crippen molar-refractivity contribution in [3.8, 4) is 17.2 Å². The Morgan fingerprint density at radius 1 is 0.974 bits per heavy atom. The molecule has 11 nitrogen and oxygen atoms in total. The first-order valence-electron chi connectivity index (χ1n) is 12.4. The second-order valence-corrected chi connectivity index (χ2v) is 8.87. The number of amides is 1. The molecule has 1 aliphatic rings. The number of hydrogen-bond acceptors (Lipinski definition) is 9. The number of carbonyl (C=O) groups excluding carboxylic acids is 1. The number of hydrogen-bond donors (Lipinski definition) is 1. The average molecular weight is 534 g/mol. The molecule has 0 atom stereocenters. The third-order valence-electron chi connectivity index (χ3n) is 6.46. The van der Waals surface area contributed by atoms with Crippen LogP contribution in [0.5, 0.6) is 17.2 Å². The van der Waals surface area contributed by atoms with Gasteiger partial charge in [-0.15, -0.1) is 0 Å². The maximum atomic E-state index is 12.7. The Kier molecular flexibility index (Phi) is 8.95. The number of anilines is 1. The van der Waals surface area contributed by atoms with Crippen molar-refractivity contribution >= 4 is 23.5 Å². The number of hydrazone groups is 1. The van der Waals surface area contributed by atoms with E-state index in [1.54, 1.807) is 12.1 Å². The highest BCUT2D eigenvalue weighted by atomic mass is 16.6. The zero-order valence-electron chi connectivity index (χ0n) is 22.1. The molecule has 0 spiro atoms. The monoisotopic (exact) mass is 533 g/mol. The Morgan fingerprint density at radius 2 is 1.64 bits per heavy atom. The fourth-order valence-electron chi connectivity index (χ4n) is 4.47. The van der Waals surface area contributed by atoms with Crippen molar-refractivity contribution in [1.29, 1.82) is 0 Å². The molecule has 0 unspecified atom stereocenters. The van der Waals surface area contributed by atoms with E-state index < -0.39 is 10.8 Å². The molecule has 0 aromatic heterocycles. The van der Waals surface area contributed by atoms with Gasteiger partial charge in [-0.1, -0.05) is 36.4 Å². The summed E-state index contributed by atoms with van der Waals surface area (Å²) >= 11 is 0. The molecule has 1 amide bonds. The summed E-state index contributed by atoms with van der Waals surface area (Å²) in [6, 6.07) is 18.2. The molecule has 39 heavy (non-hydrogen) atoms. The highest BCUT2D eigenvalue weighted by Gasteiger charge is 2.24. The normalized spacial score (nSPS) is 13.8. The molecule has 1 aliphatic heterocycles. The van der Waals surface area contributed by atoms with Crippen molar-refractivity contribution < 1.29 is 23.9 Å². The summed E-state index contributed by atoms with van der Waals surface area (Å²) in [5.74, 6) is 0.520. The van der Waals surface area contributed by atoms with Crippen LogP contribution in [0.4, 0.5) is 11.4 Å². The maximum absolute atomic E-state index is 12.7. The highest BCUT2D eigenvalue weighted by Crippen LogP contribution is 2.38. The molecule has 3 aromatic rings. The van der Waals surface area contributed by atoms with Crippen molar-refractivity contribution in [2.45, 2.75) is 6.54 Å². The third kappa shape index (κ3) is 6.63. The molecule has 204 valence electrons. The van der Waals surface area contributed by atoms with E-state index in [-0.39, 0.29) is 11.3 Å². The average Bonchev–Trinajstić information content (AvgIpc) is 2.97. The Hall–Kier alpha value is -4.64. The fourth-order valence-corrected chi connectivity index (χ4v) is 4.47. The van der Waals surface area contributed by atoms with Gasteiger partial charge >= 0.3 is 0 Å². The van der Waals surface area contributed by atoms with Gasteiger partial charge in [-0.2, -0.15) is 5.10 Å². The summed E-state index contributed by atoms with van der Waals surface area (Å²) in [5, 5.41) is 15.9. The first-order chi connectivity index (χ1) is 18.9. The minimum Gasteiger partial charge on any atom is -0.493 e. The molecule has 4 rings (SSSR count). The Bertz CT molecular complexity index is 1310. The fraction of sp³-hybridized carbons (Fsp3) is 0.286. The SMILES string of the molecule is COc1cc(C(=O)N/N=C\c2ccc(N3CCN(Cc4ccccc4)CC3)c([N+](=O)[O-])c2)cc(OC)c1OC. The number of nitro groups is 1. The van der Waals surface area contributed by atoms with Crippen LogP contribution in [0.3, 0.4) is 0 Å². The maximum Gasteiger partial charge on any atom is 0.293 e. The molecule has 0 aliphatic carbocycles. The lowest BCUT2D eigenvalue weighted by Gasteiger charge is -2.35. The van der Waals surface area contributed by atoms with Crippen LogP contribution in [0.25, 0.3) is 0 Å². The van der Waals surface area contributed by atoms with Gasteiger partial charge in [0.05, 0.1) is 32.5 Å². The zero-order chi connectivity index (χ0) is 27.8. The number of nitrogens with zero attached hydrogens (tertiary/aromatic N) is 4. The van der Waals surface area contributed by atoms with E-state index in [4.69, 9.17) is 14.2 Å². The first-order valence-corrected chi connectivity index (χ1v) is 12.4. The number of rotatable bonds is 10. The van der Waals surface area contributed by atoms with Gasteiger partial charge in [-0.05, 0) is 23.8 Å². The van der Waals surface area contributed by atoms with Crippen LogP contribution in [0.1, 0.15) is 21.5 Å². The third-order valence-corrected chi connectivity index (χ3v) is 6.46. The first kappa shape index (κ1) is 27.4. The zero-order valence-corrected chi connectivity index (χ0v) is 22.1. The summed E-state index contributed by atoms with van der Waals surface area (Å²) in [6.45, 7) is 3.84. The molecule has 0 bridgehead atoms. The van der Waals surface area contributed by atoms with Crippen molar-refractivity contribution in [2.24, 2.45) is 5.10 Å². The summed E-state index contributed by atoms with van der Waals surface area (Å²) in [5.41, 5.74) is 4.97. The van der Waals surface area contributed by atoms with E-state index in [0.29, 0.717) is 41.6 Å². The van der Waals surface area contributed by atoms with Crippen LogP contribution in [0.15, 0.2) is 65.8 Å². The van der Waals surface area contributed by atoms with Crippen molar-refractivity contribution in [3.63, 3.8) is 0 Å². The highest BCUT2D eigenvalue weighted by molar-refractivity contribution is 5.96. The van der Waals surface area contributed by atoms with E-state index in [2.05, 4.69) is 27.6 Å². The molecule has 1 N–H and O–H groups in total. The largest absolute Gasteiger partial charge is 0.493 e. The van der Waals surface area contributed by atoms with E-state index in [1.807, 2.05) is 23.1 Å². The van der Waals surface area contributed by atoms with Crippen LogP contribution in [0.2, 0.25) is 0 Å². The topological polar surface area (TPSA) is 119 Å². The lowest BCUT2D eigenvalue weighted by molar-refractivity contribution is -0.384. The molecule has 11 heteroatoms. The van der Waals surface area contributed by atoms with Crippen molar-refractivity contribution in [2.75, 3.05) is 52.4 Å². The van der Waals surface area contributed by atoms with E-state index in [1.165, 1.54) is 51.3 Å². The Morgan fingerprint density at radius 3 is 2.23 bits per heavy atom. The minimum absolute atomic E-state index is 0.00795. The minimum atomic E-state index is -0.509. The van der Waals surface area contributed by atoms with Gasteiger partial charge in [0, 0.05) is 49.9 Å². The standard InChI is InChI=1S/C28H31N5O6/c1-37-25-16-22(17-26(38-2)27(25)39-3)28(34)30-29-18-21-9-10-23(24(15-21)33(35)36)32-13-11-31(12-14-32)19-20-7-5-4-6-8-20/h4-10,15-18H,11-14,19H2,1-3H3,(H,30,34)/b29-18-. The molecule has 0 radical (unpaired) electrons. The summed E-state index contributed by atoms with van der Waals surface area (Å²) in [6.07, 6.45) is 1.37. The Balaban J connectivity index is 1.41. The summed E-state index contributed by atoms with van der Waals surface area (Å²) in [7, 11) is 4.39. The van der Waals surface area contributed by atoms with E-state index in [9.17, 15) is 14.9 Å². The molecule has 1 saturated heterocycles. The number of carbonyl (C=O) groups is 1. The Labute approximate surface area is 226 Å². The summed E-state index contributed by atoms with van der Waals surface area (Å²) in [4.78, 5) is 28.5. The van der Waals surface area contributed by atoms with Gasteiger partial charge in [-0.25, -0.2) is 5.43 Å². The smallest absolute Gasteiger partial charge is 0.293 e. The van der Waals surface area contributed by atoms with Gasteiger partial charge in [0.1, 0.15) is 5.69 Å². The van der Waals surface area contributed by atoms with Gasteiger partial charge in [0.15, 0.2) is 11.5 Å². The lowest BCUT2D eigenvalue weighted by atomic mass is 10.1. The number of nitrogens with one attached hydrogen (secondary N) is 1. The van der Waals surface area contributed by atoms with Crippen LogP contribution >= 0.6 is 0 Å². The second kappa shape index (κ2) is 12.7. The van der Waals surface area contributed by atoms with Crippen LogP contribution in [0, 0.1) is 10.1 Å². The van der Waals surface area contributed by atoms with E-state index >= 15 is 0 Å². The number of nitro benzene ring substituents is 1. The second-order valence-electron chi connectivity index (χ2n) is 8.87. The molecular weight excluding hydrogens is 502 g/mol. The van der Waals surface area contributed by atoms with Crippen LogP contribution < -0.4 is 24.5 Å². The van der Waals surface area contributed by atoms with Gasteiger partial charge < -0.3 is 19.1 Å². The van der Waals surface area contributed by atoms with Crippen LogP contribution in [-0.2, 0) is 6.54 Å². The van der Waals surface area contributed by atoms with Crippen molar-refractivity contribution in [3.05, 3.63) is 87.5 Å². The van der Waals surface area contributed by atoms with Gasteiger partial charge in [0.25, 0.3) is 11.6 Å². The number of methoxy groups -OCH3 is 3. The van der Waals surface area contributed by atoms with Gasteiger partial charge in [-0.3, -0.25) is 19.8 Å². The number of piperazine rings is 1. The molecule has 1 heterocycles. The summed E-state index contributed by atoms with van der Waals surface area (Å²) < 4.78 is 15.8.